The molecule has 0 aliphatic rings. The minimum atomic E-state index is -0.186. The van der Waals surface area contributed by atoms with E-state index in [0.29, 0.717) is 31.1 Å². The largest absolute Gasteiger partial charge is 0.493 e. The van der Waals surface area contributed by atoms with Gasteiger partial charge in [0, 0.05) is 25.6 Å². The van der Waals surface area contributed by atoms with Gasteiger partial charge in [0.05, 0.1) is 7.11 Å². The molecule has 0 radical (unpaired) electrons. The van der Waals surface area contributed by atoms with Crippen molar-refractivity contribution in [1.82, 2.24) is 16.0 Å². The molecular weight excluding hydrogens is 346 g/mol. The van der Waals surface area contributed by atoms with Gasteiger partial charge in [-0.15, -0.1) is 12.4 Å². The predicted molar refractivity (Wildman–Crippen MR) is 99.4 cm³/mol. The van der Waals surface area contributed by atoms with Crippen LogP contribution in [0.3, 0.4) is 0 Å². The molecule has 0 heterocycles. The van der Waals surface area contributed by atoms with E-state index in [9.17, 15) is 9.59 Å². The van der Waals surface area contributed by atoms with E-state index < -0.39 is 0 Å². The Balaban J connectivity index is 0.00000576. The molecule has 0 bridgehead atoms. The first kappa shape index (κ1) is 23.0. The molecule has 1 rings (SSSR count). The molecule has 1 unspecified atom stereocenters. The van der Waals surface area contributed by atoms with Crippen LogP contribution < -0.4 is 25.4 Å². The predicted octanol–water partition coefficient (Wildman–Crippen LogP) is 1.10. The van der Waals surface area contributed by atoms with E-state index in [-0.39, 0.29) is 36.7 Å². The monoisotopic (exact) mass is 373 g/mol. The van der Waals surface area contributed by atoms with Crippen LogP contribution in [-0.4, -0.2) is 45.7 Å². The number of halogens is 1. The molecule has 8 heteroatoms. The SMILES string of the molecule is CCNC(=O)COc1ccc(CNC(=O)C(C)CNC)cc1OC.Cl. The molecule has 0 saturated carbocycles. The second-order valence-corrected chi connectivity index (χ2v) is 5.40. The van der Waals surface area contributed by atoms with Crippen LogP contribution in [-0.2, 0) is 16.1 Å². The third-order valence-electron chi connectivity index (χ3n) is 3.39. The van der Waals surface area contributed by atoms with Crippen LogP contribution >= 0.6 is 12.4 Å². The van der Waals surface area contributed by atoms with Crippen molar-refractivity contribution in [3.8, 4) is 11.5 Å². The van der Waals surface area contributed by atoms with Gasteiger partial charge in [0.15, 0.2) is 18.1 Å². The first-order valence-corrected chi connectivity index (χ1v) is 8.00. The number of ether oxygens (including phenoxy) is 2. The highest BCUT2D eigenvalue weighted by atomic mass is 35.5. The number of rotatable bonds is 10. The van der Waals surface area contributed by atoms with Crippen molar-refractivity contribution in [1.29, 1.82) is 0 Å². The average Bonchev–Trinajstić information content (AvgIpc) is 2.58. The van der Waals surface area contributed by atoms with Gasteiger partial charge in [0.1, 0.15) is 0 Å². The van der Waals surface area contributed by atoms with Crippen LogP contribution in [0, 0.1) is 5.92 Å². The molecule has 1 atom stereocenters. The molecule has 3 N–H and O–H groups in total. The Bertz CT molecular complexity index is 555. The number of amides is 2. The lowest BCUT2D eigenvalue weighted by Crippen LogP contribution is -2.33. The highest BCUT2D eigenvalue weighted by Crippen LogP contribution is 2.28. The Morgan fingerprint density at radius 1 is 1.20 bits per heavy atom. The van der Waals surface area contributed by atoms with Gasteiger partial charge in [0.2, 0.25) is 5.91 Å². The molecule has 1 aromatic rings. The number of hydrogen-bond donors (Lipinski definition) is 3. The van der Waals surface area contributed by atoms with Crippen LogP contribution in [0.1, 0.15) is 19.4 Å². The normalized spacial score (nSPS) is 11.0. The average molecular weight is 374 g/mol. The fourth-order valence-corrected chi connectivity index (χ4v) is 2.09. The van der Waals surface area contributed by atoms with Gasteiger partial charge in [-0.1, -0.05) is 13.0 Å². The van der Waals surface area contributed by atoms with Crippen molar-refractivity contribution in [2.24, 2.45) is 5.92 Å². The van der Waals surface area contributed by atoms with Crippen molar-refractivity contribution >= 4 is 24.2 Å². The molecule has 1 aromatic carbocycles. The molecule has 0 aliphatic carbocycles. The third kappa shape index (κ3) is 8.09. The van der Waals surface area contributed by atoms with Gasteiger partial charge >= 0.3 is 0 Å². The minimum Gasteiger partial charge on any atom is -0.493 e. The summed E-state index contributed by atoms with van der Waals surface area (Å²) >= 11 is 0. The maximum absolute atomic E-state index is 11.9. The Labute approximate surface area is 155 Å². The summed E-state index contributed by atoms with van der Waals surface area (Å²) in [7, 11) is 3.35. The summed E-state index contributed by atoms with van der Waals surface area (Å²) in [5, 5.41) is 8.52. The number of nitrogens with one attached hydrogen (secondary N) is 3. The van der Waals surface area contributed by atoms with E-state index >= 15 is 0 Å². The maximum Gasteiger partial charge on any atom is 0.257 e. The van der Waals surface area contributed by atoms with Crippen molar-refractivity contribution in [3.05, 3.63) is 23.8 Å². The van der Waals surface area contributed by atoms with Crippen LogP contribution in [0.2, 0.25) is 0 Å². The summed E-state index contributed by atoms with van der Waals surface area (Å²) in [5.41, 5.74) is 0.891. The number of hydrogen-bond acceptors (Lipinski definition) is 5. The summed E-state index contributed by atoms with van der Waals surface area (Å²) in [4.78, 5) is 23.4. The van der Waals surface area contributed by atoms with E-state index in [1.54, 1.807) is 12.1 Å². The smallest absolute Gasteiger partial charge is 0.257 e. The molecule has 142 valence electrons. The first-order valence-electron chi connectivity index (χ1n) is 8.00. The Hall–Kier alpha value is -1.99. The van der Waals surface area contributed by atoms with Gasteiger partial charge in [0.25, 0.3) is 5.91 Å². The Morgan fingerprint density at radius 2 is 1.92 bits per heavy atom. The van der Waals surface area contributed by atoms with Crippen LogP contribution in [0.5, 0.6) is 11.5 Å². The van der Waals surface area contributed by atoms with Crippen LogP contribution in [0.15, 0.2) is 18.2 Å². The van der Waals surface area contributed by atoms with Crippen molar-refractivity contribution in [2.45, 2.75) is 20.4 Å². The lowest BCUT2D eigenvalue weighted by molar-refractivity contribution is -0.124. The quantitative estimate of drug-likeness (QED) is 0.571. The lowest BCUT2D eigenvalue weighted by atomic mass is 10.1. The molecule has 7 nitrogen and oxygen atoms in total. The lowest BCUT2D eigenvalue weighted by Gasteiger charge is -2.14. The molecule has 0 aliphatic heterocycles. The fraction of sp³-hybridized carbons (Fsp3) is 0.529. The summed E-state index contributed by atoms with van der Waals surface area (Å²) in [6.07, 6.45) is 0. The Morgan fingerprint density at radius 3 is 2.52 bits per heavy atom. The van der Waals surface area contributed by atoms with Gasteiger partial charge in [-0.05, 0) is 31.7 Å². The molecular formula is C17H28ClN3O4. The van der Waals surface area contributed by atoms with Crippen molar-refractivity contribution < 1.29 is 19.1 Å². The van der Waals surface area contributed by atoms with Crippen molar-refractivity contribution in [3.63, 3.8) is 0 Å². The van der Waals surface area contributed by atoms with Crippen LogP contribution in [0.4, 0.5) is 0 Å². The van der Waals surface area contributed by atoms with Gasteiger partial charge in [-0.3, -0.25) is 9.59 Å². The molecule has 0 spiro atoms. The zero-order chi connectivity index (χ0) is 17.9. The molecule has 2 amide bonds. The van der Waals surface area contributed by atoms with E-state index in [1.165, 1.54) is 7.11 Å². The number of carbonyl (C=O) groups excluding carboxylic acids is 2. The molecule has 0 aromatic heterocycles. The number of likely N-dealkylation sites (N-methyl/N-ethyl adjacent to an activating group) is 1. The third-order valence-corrected chi connectivity index (χ3v) is 3.39. The van der Waals surface area contributed by atoms with Crippen molar-refractivity contribution in [2.75, 3.05) is 33.9 Å². The highest BCUT2D eigenvalue weighted by Gasteiger charge is 2.12. The first-order chi connectivity index (χ1) is 11.5. The summed E-state index contributed by atoms with van der Waals surface area (Å²) in [6, 6.07) is 5.35. The second kappa shape index (κ2) is 12.4. The number of carbonyl (C=O) groups is 2. The van der Waals surface area contributed by atoms with E-state index in [2.05, 4.69) is 16.0 Å². The summed E-state index contributed by atoms with van der Waals surface area (Å²) in [6.45, 7) is 5.23. The summed E-state index contributed by atoms with van der Waals surface area (Å²) in [5.74, 6) is 0.711. The second-order valence-electron chi connectivity index (χ2n) is 5.40. The van der Waals surface area contributed by atoms with Gasteiger partial charge in [-0.25, -0.2) is 0 Å². The number of methoxy groups -OCH3 is 1. The van der Waals surface area contributed by atoms with E-state index in [0.717, 1.165) is 5.56 Å². The zero-order valence-corrected chi connectivity index (χ0v) is 16.0. The Kier molecular flexibility index (Phi) is 11.4. The van der Waals surface area contributed by atoms with E-state index in [4.69, 9.17) is 9.47 Å². The minimum absolute atomic E-state index is 0. The molecule has 0 saturated heterocycles. The van der Waals surface area contributed by atoms with Crippen LogP contribution in [0.25, 0.3) is 0 Å². The van der Waals surface area contributed by atoms with Gasteiger partial charge < -0.3 is 25.4 Å². The fourth-order valence-electron chi connectivity index (χ4n) is 2.09. The molecule has 0 fully saturated rings. The van der Waals surface area contributed by atoms with E-state index in [1.807, 2.05) is 27.0 Å². The standard InChI is InChI=1S/C17H27N3O4.ClH/c1-5-19-16(21)11-24-14-7-6-13(8-15(14)23-4)10-20-17(22)12(2)9-18-3;/h6-8,12,18H,5,9-11H2,1-4H3,(H,19,21)(H,20,22);1H. The van der Waals surface area contributed by atoms with Gasteiger partial charge in [-0.2, -0.15) is 0 Å². The zero-order valence-electron chi connectivity index (χ0n) is 15.2. The number of benzene rings is 1. The highest BCUT2D eigenvalue weighted by molar-refractivity contribution is 5.85. The maximum atomic E-state index is 11.9. The topological polar surface area (TPSA) is 88.7 Å². The molecule has 25 heavy (non-hydrogen) atoms. The summed E-state index contributed by atoms with van der Waals surface area (Å²) < 4.78 is 10.8.